The second-order valence-electron chi connectivity index (χ2n) is 4.08. The smallest absolute Gasteiger partial charge is 0.387 e. The summed E-state index contributed by atoms with van der Waals surface area (Å²) >= 11 is 1.20. The van der Waals surface area contributed by atoms with E-state index in [0.717, 1.165) is 17.2 Å². The van der Waals surface area contributed by atoms with E-state index in [1.54, 1.807) is 25.3 Å². The van der Waals surface area contributed by atoms with Crippen LogP contribution in [0, 0.1) is 0 Å². The van der Waals surface area contributed by atoms with Crippen LogP contribution in [0.3, 0.4) is 0 Å². The number of pyridine rings is 2. The highest BCUT2D eigenvalue weighted by molar-refractivity contribution is 7.99. The van der Waals surface area contributed by atoms with Crippen molar-refractivity contribution < 1.29 is 18.3 Å². The lowest BCUT2D eigenvalue weighted by atomic mass is 10.2. The molecule has 0 radical (unpaired) electrons. The fourth-order valence-corrected chi connectivity index (χ4v) is 2.15. The Morgan fingerprint density at radius 1 is 1.10 bits per heavy atom. The van der Waals surface area contributed by atoms with Gasteiger partial charge in [-0.3, -0.25) is 4.98 Å². The van der Waals surface area contributed by atoms with E-state index in [-0.39, 0.29) is 0 Å². The van der Waals surface area contributed by atoms with E-state index in [1.165, 1.54) is 17.8 Å². The summed E-state index contributed by atoms with van der Waals surface area (Å²) in [6.45, 7) is 1.60. The molecule has 2 rings (SSSR count). The van der Waals surface area contributed by atoms with Crippen LogP contribution in [0.25, 0.3) is 0 Å². The SMILES string of the molecule is C[C@@H](O)c1ccc(Sc2ccc(C(F)(F)F)cn2)cn1. The molecule has 20 heavy (non-hydrogen) atoms. The monoisotopic (exact) mass is 300 g/mol. The van der Waals surface area contributed by atoms with Crippen molar-refractivity contribution in [3.8, 4) is 0 Å². The fraction of sp³-hybridized carbons (Fsp3) is 0.231. The molecule has 1 atom stereocenters. The minimum atomic E-state index is -4.38. The van der Waals surface area contributed by atoms with Crippen LogP contribution in [0.1, 0.15) is 24.3 Å². The van der Waals surface area contributed by atoms with Gasteiger partial charge < -0.3 is 5.11 Å². The van der Waals surface area contributed by atoms with E-state index >= 15 is 0 Å². The number of aromatic nitrogens is 2. The molecule has 7 heteroatoms. The molecule has 0 spiro atoms. The summed E-state index contributed by atoms with van der Waals surface area (Å²) in [4.78, 5) is 8.55. The van der Waals surface area contributed by atoms with Crippen LogP contribution in [-0.2, 0) is 6.18 Å². The zero-order chi connectivity index (χ0) is 14.8. The molecule has 106 valence electrons. The Kier molecular flexibility index (Phi) is 4.29. The number of alkyl halides is 3. The van der Waals surface area contributed by atoms with Gasteiger partial charge >= 0.3 is 6.18 Å². The Morgan fingerprint density at radius 3 is 2.30 bits per heavy atom. The molecular weight excluding hydrogens is 289 g/mol. The molecule has 2 heterocycles. The van der Waals surface area contributed by atoms with Gasteiger partial charge in [-0.2, -0.15) is 13.2 Å². The second kappa shape index (κ2) is 5.80. The van der Waals surface area contributed by atoms with Gasteiger partial charge in [0.25, 0.3) is 0 Å². The Balaban J connectivity index is 2.10. The first-order valence-electron chi connectivity index (χ1n) is 5.71. The van der Waals surface area contributed by atoms with Gasteiger partial charge in [0, 0.05) is 17.3 Å². The average molecular weight is 300 g/mol. The van der Waals surface area contributed by atoms with E-state index < -0.39 is 17.8 Å². The van der Waals surface area contributed by atoms with Gasteiger partial charge in [0.2, 0.25) is 0 Å². The van der Waals surface area contributed by atoms with Crippen LogP contribution in [0.15, 0.2) is 46.6 Å². The number of hydrogen-bond acceptors (Lipinski definition) is 4. The lowest BCUT2D eigenvalue weighted by Gasteiger charge is -2.07. The van der Waals surface area contributed by atoms with E-state index in [1.807, 2.05) is 0 Å². The summed E-state index contributed by atoms with van der Waals surface area (Å²) in [5.74, 6) is 0. The molecule has 0 fully saturated rings. The Bertz CT molecular complexity index is 568. The third-order valence-corrected chi connectivity index (χ3v) is 3.40. The van der Waals surface area contributed by atoms with E-state index in [4.69, 9.17) is 0 Å². The molecule has 0 saturated heterocycles. The van der Waals surface area contributed by atoms with Gasteiger partial charge in [0.1, 0.15) is 5.03 Å². The predicted molar refractivity (Wildman–Crippen MR) is 68.2 cm³/mol. The molecule has 0 aliphatic carbocycles. The molecule has 3 nitrogen and oxygen atoms in total. The normalized spacial score (nSPS) is 13.2. The van der Waals surface area contributed by atoms with Gasteiger partial charge in [-0.05, 0) is 31.2 Å². The number of hydrogen-bond donors (Lipinski definition) is 1. The van der Waals surface area contributed by atoms with Crippen molar-refractivity contribution in [1.82, 2.24) is 9.97 Å². The summed E-state index contributed by atoms with van der Waals surface area (Å²) in [6.07, 6.45) is -2.68. The summed E-state index contributed by atoms with van der Waals surface area (Å²) in [7, 11) is 0. The zero-order valence-electron chi connectivity index (χ0n) is 10.4. The Labute approximate surface area is 117 Å². The number of aliphatic hydroxyl groups excluding tert-OH is 1. The van der Waals surface area contributed by atoms with Crippen molar-refractivity contribution in [2.45, 2.75) is 29.1 Å². The quantitative estimate of drug-likeness (QED) is 0.939. The predicted octanol–water partition coefficient (Wildman–Crippen LogP) is 3.70. The standard InChI is InChI=1S/C13H11F3N2OS/c1-8(19)11-4-3-10(7-17-11)20-12-5-2-9(6-18-12)13(14,15)16/h2-8,19H,1H3/t8-/m1/s1. The number of aliphatic hydroxyl groups is 1. The molecule has 0 amide bonds. The zero-order valence-corrected chi connectivity index (χ0v) is 11.2. The first-order chi connectivity index (χ1) is 9.36. The van der Waals surface area contributed by atoms with Gasteiger partial charge in [0.15, 0.2) is 0 Å². The van der Waals surface area contributed by atoms with Crippen molar-refractivity contribution in [3.05, 3.63) is 47.9 Å². The molecule has 0 saturated carbocycles. The van der Waals surface area contributed by atoms with Crippen molar-refractivity contribution in [2.24, 2.45) is 0 Å². The van der Waals surface area contributed by atoms with Gasteiger partial charge in [-0.1, -0.05) is 11.8 Å². The number of halogens is 3. The number of rotatable bonds is 3. The third kappa shape index (κ3) is 3.71. The highest BCUT2D eigenvalue weighted by Crippen LogP contribution is 2.31. The van der Waals surface area contributed by atoms with E-state index in [0.29, 0.717) is 10.7 Å². The fourth-order valence-electron chi connectivity index (χ4n) is 1.43. The van der Waals surface area contributed by atoms with Gasteiger partial charge in [-0.25, -0.2) is 4.98 Å². The highest BCUT2D eigenvalue weighted by Gasteiger charge is 2.30. The highest BCUT2D eigenvalue weighted by atomic mass is 32.2. The Hall–Kier alpha value is -1.60. The molecule has 0 aliphatic heterocycles. The lowest BCUT2D eigenvalue weighted by molar-refractivity contribution is -0.137. The summed E-state index contributed by atoms with van der Waals surface area (Å²) in [5.41, 5.74) is -0.237. The molecule has 0 unspecified atom stereocenters. The van der Waals surface area contributed by atoms with Crippen LogP contribution in [-0.4, -0.2) is 15.1 Å². The van der Waals surface area contributed by atoms with Crippen LogP contribution >= 0.6 is 11.8 Å². The van der Waals surface area contributed by atoms with Crippen LogP contribution in [0.4, 0.5) is 13.2 Å². The maximum Gasteiger partial charge on any atom is 0.417 e. The van der Waals surface area contributed by atoms with Gasteiger partial charge in [-0.15, -0.1) is 0 Å². The molecule has 1 N–H and O–H groups in total. The summed E-state index contributed by atoms with van der Waals surface area (Å²) < 4.78 is 37.2. The lowest BCUT2D eigenvalue weighted by Crippen LogP contribution is -2.05. The van der Waals surface area contributed by atoms with Crippen LogP contribution < -0.4 is 0 Å². The van der Waals surface area contributed by atoms with Crippen molar-refractivity contribution in [3.63, 3.8) is 0 Å². The second-order valence-corrected chi connectivity index (χ2v) is 5.17. The van der Waals surface area contributed by atoms with E-state index in [9.17, 15) is 18.3 Å². The summed E-state index contributed by atoms with van der Waals surface area (Å²) in [6, 6.07) is 5.71. The largest absolute Gasteiger partial charge is 0.417 e. The van der Waals surface area contributed by atoms with Crippen LogP contribution in [0.2, 0.25) is 0 Å². The minimum absolute atomic E-state index is 0.449. The molecular formula is C13H11F3N2OS. The topological polar surface area (TPSA) is 46.0 Å². The maximum atomic E-state index is 12.4. The molecule has 0 aromatic carbocycles. The molecule has 2 aromatic heterocycles. The average Bonchev–Trinajstić information content (AvgIpc) is 2.39. The molecule has 2 aromatic rings. The minimum Gasteiger partial charge on any atom is -0.387 e. The summed E-state index contributed by atoms with van der Waals surface area (Å²) in [5, 5.41) is 9.77. The molecule has 0 bridgehead atoms. The number of nitrogens with zero attached hydrogens (tertiary/aromatic N) is 2. The Morgan fingerprint density at radius 2 is 1.85 bits per heavy atom. The van der Waals surface area contributed by atoms with Gasteiger partial charge in [0.05, 0.1) is 17.4 Å². The maximum absolute atomic E-state index is 12.4. The van der Waals surface area contributed by atoms with Crippen molar-refractivity contribution in [1.29, 1.82) is 0 Å². The third-order valence-electron chi connectivity index (χ3n) is 2.47. The van der Waals surface area contributed by atoms with Crippen molar-refractivity contribution in [2.75, 3.05) is 0 Å². The van der Waals surface area contributed by atoms with Crippen molar-refractivity contribution >= 4 is 11.8 Å². The first kappa shape index (κ1) is 14.8. The van der Waals surface area contributed by atoms with Crippen LogP contribution in [0.5, 0.6) is 0 Å². The molecule has 0 aliphatic rings. The van der Waals surface area contributed by atoms with E-state index in [2.05, 4.69) is 9.97 Å². The first-order valence-corrected chi connectivity index (χ1v) is 6.53.